The van der Waals surface area contributed by atoms with E-state index in [2.05, 4.69) is 31.2 Å². The lowest BCUT2D eigenvalue weighted by Crippen LogP contribution is -2.40. The molecule has 19 heavy (non-hydrogen) atoms. The molecule has 0 aliphatic rings. The molecule has 0 fully saturated rings. The maximum absolute atomic E-state index is 11.8. The molecular formula is C13H21BrN4O. The van der Waals surface area contributed by atoms with Crippen molar-refractivity contribution in [3.05, 3.63) is 16.5 Å². The Kier molecular flexibility index (Phi) is 6.21. The summed E-state index contributed by atoms with van der Waals surface area (Å²) in [5, 5.41) is 2.88. The van der Waals surface area contributed by atoms with E-state index in [1.165, 1.54) is 0 Å². The van der Waals surface area contributed by atoms with Crippen LogP contribution >= 0.6 is 15.9 Å². The first-order valence-corrected chi connectivity index (χ1v) is 7.33. The monoisotopic (exact) mass is 328 g/mol. The molecule has 1 heterocycles. The van der Waals surface area contributed by atoms with Crippen molar-refractivity contribution >= 4 is 27.7 Å². The molecule has 1 N–H and O–H groups in total. The van der Waals surface area contributed by atoms with E-state index in [1.807, 2.05) is 38.7 Å². The van der Waals surface area contributed by atoms with Gasteiger partial charge in [-0.1, -0.05) is 6.92 Å². The first-order chi connectivity index (χ1) is 8.96. The molecule has 0 aliphatic heterocycles. The highest BCUT2D eigenvalue weighted by Crippen LogP contribution is 2.16. The van der Waals surface area contributed by atoms with Crippen molar-refractivity contribution in [3.8, 4) is 0 Å². The predicted molar refractivity (Wildman–Crippen MR) is 80.3 cm³/mol. The fourth-order valence-electron chi connectivity index (χ4n) is 1.67. The zero-order chi connectivity index (χ0) is 14.4. The summed E-state index contributed by atoms with van der Waals surface area (Å²) < 4.78 is 0.747. The molecule has 106 valence electrons. The van der Waals surface area contributed by atoms with E-state index in [0.29, 0.717) is 6.54 Å². The number of rotatable bonds is 6. The van der Waals surface area contributed by atoms with E-state index in [1.54, 1.807) is 0 Å². The normalized spacial score (nSPS) is 10.6. The lowest BCUT2D eigenvalue weighted by molar-refractivity contribution is -0.120. The van der Waals surface area contributed by atoms with Gasteiger partial charge in [0.2, 0.25) is 5.91 Å². The molecule has 6 heteroatoms. The van der Waals surface area contributed by atoms with Gasteiger partial charge in [-0.25, -0.2) is 9.97 Å². The van der Waals surface area contributed by atoms with Crippen LogP contribution in [0.1, 0.15) is 33.5 Å². The van der Waals surface area contributed by atoms with Crippen LogP contribution in [0.4, 0.5) is 5.82 Å². The third-order valence-corrected chi connectivity index (χ3v) is 2.94. The van der Waals surface area contributed by atoms with Gasteiger partial charge in [0, 0.05) is 25.1 Å². The molecule has 0 saturated heterocycles. The van der Waals surface area contributed by atoms with Gasteiger partial charge in [-0.05, 0) is 36.7 Å². The van der Waals surface area contributed by atoms with Crippen LogP contribution in [-0.4, -0.2) is 35.0 Å². The van der Waals surface area contributed by atoms with E-state index in [4.69, 9.17) is 0 Å². The fourth-order valence-corrected chi connectivity index (χ4v) is 2.08. The Hall–Kier alpha value is -1.17. The van der Waals surface area contributed by atoms with Crippen molar-refractivity contribution in [1.29, 1.82) is 0 Å². The number of amides is 1. The third kappa shape index (κ3) is 5.14. The summed E-state index contributed by atoms with van der Waals surface area (Å²) in [5.74, 6) is 1.55. The van der Waals surface area contributed by atoms with Crippen LogP contribution in [0.5, 0.6) is 0 Å². The summed E-state index contributed by atoms with van der Waals surface area (Å²) in [6.45, 7) is 8.94. The molecule has 0 saturated carbocycles. The molecule has 0 atom stereocenters. The van der Waals surface area contributed by atoms with Crippen molar-refractivity contribution in [2.75, 3.05) is 18.0 Å². The molecular weight excluding hydrogens is 308 g/mol. The maximum atomic E-state index is 11.8. The first kappa shape index (κ1) is 15.9. The van der Waals surface area contributed by atoms with Gasteiger partial charge in [0.25, 0.3) is 0 Å². The van der Waals surface area contributed by atoms with Gasteiger partial charge in [-0.15, -0.1) is 0 Å². The number of aryl methyl sites for hydroxylation is 1. The minimum Gasteiger partial charge on any atom is -0.352 e. The maximum Gasteiger partial charge on any atom is 0.239 e. The summed E-state index contributed by atoms with van der Waals surface area (Å²) in [5.41, 5.74) is 0. The zero-order valence-corrected chi connectivity index (χ0v) is 13.5. The minimum absolute atomic E-state index is 0.00429. The van der Waals surface area contributed by atoms with Crippen LogP contribution < -0.4 is 10.2 Å². The van der Waals surface area contributed by atoms with Crippen LogP contribution in [0.15, 0.2) is 10.7 Å². The molecule has 0 unspecified atom stereocenters. The van der Waals surface area contributed by atoms with Crippen LogP contribution in [0.3, 0.4) is 0 Å². The summed E-state index contributed by atoms with van der Waals surface area (Å²) in [6.07, 6.45) is 0.766. The number of carbonyl (C=O) groups is 1. The minimum atomic E-state index is 0.00429. The smallest absolute Gasteiger partial charge is 0.239 e. The second-order valence-corrected chi connectivity index (χ2v) is 5.37. The molecule has 1 aromatic heterocycles. The van der Waals surface area contributed by atoms with Crippen molar-refractivity contribution in [2.45, 2.75) is 40.2 Å². The Morgan fingerprint density at radius 3 is 2.63 bits per heavy atom. The van der Waals surface area contributed by atoms with E-state index >= 15 is 0 Å². The highest BCUT2D eigenvalue weighted by molar-refractivity contribution is 9.10. The second kappa shape index (κ2) is 7.43. The number of nitrogens with zero attached hydrogens (tertiary/aromatic N) is 3. The third-order valence-electron chi connectivity index (χ3n) is 2.53. The number of halogens is 1. The number of anilines is 1. The van der Waals surface area contributed by atoms with Crippen LogP contribution in [0, 0.1) is 0 Å². The van der Waals surface area contributed by atoms with Crippen LogP contribution in [-0.2, 0) is 11.2 Å². The highest BCUT2D eigenvalue weighted by Gasteiger charge is 2.13. The van der Waals surface area contributed by atoms with Gasteiger partial charge in [-0.3, -0.25) is 4.79 Å². The number of likely N-dealkylation sites (N-methyl/N-ethyl adjacent to an activating group) is 1. The predicted octanol–water partition coefficient (Wildman–Crippen LogP) is 2.15. The number of aromatic nitrogens is 2. The van der Waals surface area contributed by atoms with Crippen molar-refractivity contribution in [1.82, 2.24) is 15.3 Å². The number of nitrogens with one attached hydrogen (secondary N) is 1. The Morgan fingerprint density at radius 1 is 1.42 bits per heavy atom. The standard InChI is InChI=1S/C13H21BrN4O/c1-5-11-16-10(14)7-12(17-11)18(6-2)8-13(19)15-9(3)4/h7,9H,5-6,8H2,1-4H3,(H,15,19). The first-order valence-electron chi connectivity index (χ1n) is 6.54. The summed E-state index contributed by atoms with van der Waals surface area (Å²) in [6, 6.07) is 1.99. The van der Waals surface area contributed by atoms with Gasteiger partial charge >= 0.3 is 0 Å². The average molecular weight is 329 g/mol. The van der Waals surface area contributed by atoms with E-state index in [9.17, 15) is 4.79 Å². The van der Waals surface area contributed by atoms with Gasteiger partial charge in [-0.2, -0.15) is 0 Å². The number of carbonyl (C=O) groups excluding carboxylic acids is 1. The van der Waals surface area contributed by atoms with E-state index in [0.717, 1.165) is 29.2 Å². The summed E-state index contributed by atoms with van der Waals surface area (Å²) in [4.78, 5) is 22.5. The summed E-state index contributed by atoms with van der Waals surface area (Å²) in [7, 11) is 0. The molecule has 0 aromatic carbocycles. The molecule has 0 aliphatic carbocycles. The largest absolute Gasteiger partial charge is 0.352 e. The Bertz CT molecular complexity index is 437. The molecule has 1 rings (SSSR count). The van der Waals surface area contributed by atoms with Crippen LogP contribution in [0.25, 0.3) is 0 Å². The SMILES string of the molecule is CCc1nc(Br)cc(N(CC)CC(=O)NC(C)C)n1. The lowest BCUT2D eigenvalue weighted by atomic mass is 10.3. The molecule has 5 nitrogen and oxygen atoms in total. The number of hydrogen-bond acceptors (Lipinski definition) is 4. The molecule has 1 aromatic rings. The van der Waals surface area contributed by atoms with E-state index in [-0.39, 0.29) is 11.9 Å². The Balaban J connectivity index is 2.84. The topological polar surface area (TPSA) is 58.1 Å². The Labute approximate surface area is 122 Å². The van der Waals surface area contributed by atoms with Gasteiger partial charge in [0.1, 0.15) is 16.2 Å². The molecule has 0 bridgehead atoms. The van der Waals surface area contributed by atoms with Gasteiger partial charge < -0.3 is 10.2 Å². The fraction of sp³-hybridized carbons (Fsp3) is 0.615. The molecule has 0 spiro atoms. The van der Waals surface area contributed by atoms with Gasteiger partial charge in [0.05, 0.1) is 6.54 Å². The summed E-state index contributed by atoms with van der Waals surface area (Å²) >= 11 is 3.38. The Morgan fingerprint density at radius 2 is 2.11 bits per heavy atom. The lowest BCUT2D eigenvalue weighted by Gasteiger charge is -2.22. The van der Waals surface area contributed by atoms with Gasteiger partial charge in [0.15, 0.2) is 0 Å². The zero-order valence-electron chi connectivity index (χ0n) is 11.9. The number of hydrogen-bond donors (Lipinski definition) is 1. The average Bonchev–Trinajstić information content (AvgIpc) is 2.34. The second-order valence-electron chi connectivity index (χ2n) is 4.56. The quantitative estimate of drug-likeness (QED) is 0.813. The van der Waals surface area contributed by atoms with E-state index < -0.39 is 0 Å². The molecule has 0 radical (unpaired) electrons. The molecule has 1 amide bonds. The highest BCUT2D eigenvalue weighted by atomic mass is 79.9. The van der Waals surface area contributed by atoms with Crippen LogP contribution in [0.2, 0.25) is 0 Å². The van der Waals surface area contributed by atoms with Crippen molar-refractivity contribution in [2.24, 2.45) is 0 Å². The van der Waals surface area contributed by atoms with Crippen molar-refractivity contribution < 1.29 is 4.79 Å². The van der Waals surface area contributed by atoms with Crippen molar-refractivity contribution in [3.63, 3.8) is 0 Å².